The van der Waals surface area contributed by atoms with Gasteiger partial charge in [-0.25, -0.2) is 0 Å². The molecule has 0 aliphatic rings. The molecule has 0 aromatic carbocycles. The number of rotatable bonds is 3. The molecule has 0 fully saturated rings. The van der Waals surface area contributed by atoms with Crippen LogP contribution in [0.2, 0.25) is 0 Å². The monoisotopic (exact) mass is 184 g/mol. The smallest absolute Gasteiger partial charge is 0.292 e. The molecule has 1 amide bonds. The average molecular weight is 184 g/mol. The minimum Gasteiger partial charge on any atom is -0.352 e. The Labute approximate surface area is 75.5 Å². The van der Waals surface area contributed by atoms with E-state index in [0.717, 1.165) is 0 Å². The minimum absolute atomic E-state index is 0.0223. The van der Waals surface area contributed by atoms with Crippen molar-refractivity contribution in [1.29, 1.82) is 0 Å². The van der Waals surface area contributed by atoms with Crippen molar-refractivity contribution in [1.82, 2.24) is 15.5 Å². The predicted octanol–water partition coefficient (Wildman–Crippen LogP) is -0.509. The van der Waals surface area contributed by atoms with Crippen LogP contribution in [0.15, 0.2) is 4.52 Å². The molecule has 1 heterocycles. The molecule has 13 heavy (non-hydrogen) atoms. The normalized spacial score (nSPS) is 12.5. The summed E-state index contributed by atoms with van der Waals surface area (Å²) in [5.41, 5.74) is 5.39. The number of hydrogen-bond donors (Lipinski definition) is 2. The molecule has 1 rings (SSSR count). The maximum atomic E-state index is 11.0. The summed E-state index contributed by atoms with van der Waals surface area (Å²) in [7, 11) is 1.50. The highest BCUT2D eigenvalue weighted by molar-refractivity contribution is 5.89. The molecule has 72 valence electrons. The fourth-order valence-electron chi connectivity index (χ4n) is 0.740. The number of hydrogen-bond acceptors (Lipinski definition) is 5. The van der Waals surface area contributed by atoms with Gasteiger partial charge in [0.2, 0.25) is 5.89 Å². The molecule has 0 saturated carbocycles. The van der Waals surface area contributed by atoms with Crippen LogP contribution in [-0.4, -0.2) is 29.6 Å². The van der Waals surface area contributed by atoms with E-state index in [1.54, 1.807) is 0 Å². The first-order chi connectivity index (χ1) is 6.19. The second kappa shape index (κ2) is 3.99. The Morgan fingerprint density at radius 3 is 3.00 bits per heavy atom. The van der Waals surface area contributed by atoms with Crippen LogP contribution in [0, 0.1) is 0 Å². The van der Waals surface area contributed by atoms with Crippen LogP contribution in [0.3, 0.4) is 0 Å². The van der Waals surface area contributed by atoms with Crippen molar-refractivity contribution in [3.63, 3.8) is 0 Å². The molecule has 0 aliphatic carbocycles. The van der Waals surface area contributed by atoms with E-state index < -0.39 is 0 Å². The highest BCUT2D eigenvalue weighted by atomic mass is 16.5. The molecular weight excluding hydrogens is 172 g/mol. The third-order valence-electron chi connectivity index (χ3n) is 1.65. The molecular formula is C7H12N4O2. The molecule has 1 aromatic rings. The van der Waals surface area contributed by atoms with Gasteiger partial charge in [-0.1, -0.05) is 12.1 Å². The van der Waals surface area contributed by atoms with E-state index >= 15 is 0 Å². The third kappa shape index (κ3) is 2.03. The summed E-state index contributed by atoms with van der Waals surface area (Å²) in [4.78, 5) is 14.9. The van der Waals surface area contributed by atoms with Gasteiger partial charge in [-0.3, -0.25) is 4.79 Å². The van der Waals surface area contributed by atoms with Crippen molar-refractivity contribution in [3.05, 3.63) is 11.7 Å². The van der Waals surface area contributed by atoms with Crippen molar-refractivity contribution in [2.24, 2.45) is 5.73 Å². The zero-order chi connectivity index (χ0) is 9.84. The van der Waals surface area contributed by atoms with E-state index in [1.165, 1.54) is 7.05 Å². The van der Waals surface area contributed by atoms with Gasteiger partial charge in [0.1, 0.15) is 0 Å². The largest absolute Gasteiger partial charge is 0.352 e. The number of carbonyl (C=O) groups excluding carboxylic acids is 1. The summed E-state index contributed by atoms with van der Waals surface area (Å²) >= 11 is 0. The Morgan fingerprint density at radius 2 is 2.46 bits per heavy atom. The van der Waals surface area contributed by atoms with Gasteiger partial charge in [0.25, 0.3) is 11.7 Å². The fraction of sp³-hybridized carbons (Fsp3) is 0.571. The molecule has 0 aliphatic heterocycles. The second-order valence-electron chi connectivity index (χ2n) is 2.67. The molecule has 0 radical (unpaired) electrons. The van der Waals surface area contributed by atoms with E-state index in [0.29, 0.717) is 12.4 Å². The Morgan fingerprint density at radius 1 is 1.77 bits per heavy atom. The molecule has 1 unspecified atom stereocenters. The van der Waals surface area contributed by atoms with E-state index in [4.69, 9.17) is 10.3 Å². The van der Waals surface area contributed by atoms with Gasteiger partial charge in [0.15, 0.2) is 0 Å². The zero-order valence-corrected chi connectivity index (χ0v) is 7.57. The van der Waals surface area contributed by atoms with Crippen LogP contribution in [-0.2, 0) is 0 Å². The SMILES string of the molecule is CNC(=O)c1noc(C(C)CN)n1. The lowest BCUT2D eigenvalue weighted by atomic mass is 10.2. The summed E-state index contributed by atoms with van der Waals surface area (Å²) < 4.78 is 4.84. The van der Waals surface area contributed by atoms with Gasteiger partial charge in [0.05, 0.1) is 0 Å². The molecule has 0 saturated heterocycles. The molecule has 6 nitrogen and oxygen atoms in total. The summed E-state index contributed by atoms with van der Waals surface area (Å²) in [5.74, 6) is 0.0454. The van der Waals surface area contributed by atoms with Crippen LogP contribution in [0.1, 0.15) is 29.4 Å². The fourth-order valence-corrected chi connectivity index (χ4v) is 0.740. The van der Waals surface area contributed by atoms with Crippen LogP contribution < -0.4 is 11.1 Å². The van der Waals surface area contributed by atoms with Crippen LogP contribution >= 0.6 is 0 Å². The summed E-state index contributed by atoms with van der Waals surface area (Å²) in [5, 5.41) is 5.90. The Bertz CT molecular complexity index is 296. The summed E-state index contributed by atoms with van der Waals surface area (Å²) in [6.45, 7) is 2.26. The first kappa shape index (κ1) is 9.66. The summed E-state index contributed by atoms with van der Waals surface area (Å²) in [6, 6.07) is 0. The number of carbonyl (C=O) groups is 1. The van der Waals surface area contributed by atoms with Gasteiger partial charge in [0, 0.05) is 19.5 Å². The van der Waals surface area contributed by atoms with Crippen molar-refractivity contribution in [3.8, 4) is 0 Å². The lowest BCUT2D eigenvalue weighted by Gasteiger charge is -1.98. The van der Waals surface area contributed by atoms with Crippen LogP contribution in [0.5, 0.6) is 0 Å². The van der Waals surface area contributed by atoms with E-state index in [-0.39, 0.29) is 17.6 Å². The van der Waals surface area contributed by atoms with E-state index in [9.17, 15) is 4.79 Å². The molecule has 3 N–H and O–H groups in total. The lowest BCUT2D eigenvalue weighted by Crippen LogP contribution is -2.19. The molecule has 0 bridgehead atoms. The van der Waals surface area contributed by atoms with E-state index in [1.807, 2.05) is 6.92 Å². The first-order valence-electron chi connectivity index (χ1n) is 3.94. The quantitative estimate of drug-likeness (QED) is 0.659. The third-order valence-corrected chi connectivity index (χ3v) is 1.65. The second-order valence-corrected chi connectivity index (χ2v) is 2.67. The Kier molecular flexibility index (Phi) is 2.97. The molecule has 0 spiro atoms. The van der Waals surface area contributed by atoms with Gasteiger partial charge >= 0.3 is 0 Å². The van der Waals surface area contributed by atoms with E-state index in [2.05, 4.69) is 15.5 Å². The number of nitrogens with two attached hydrogens (primary N) is 1. The van der Waals surface area contributed by atoms with Crippen molar-refractivity contribution in [2.45, 2.75) is 12.8 Å². The highest BCUT2D eigenvalue weighted by Gasteiger charge is 2.16. The van der Waals surface area contributed by atoms with Crippen molar-refractivity contribution in [2.75, 3.05) is 13.6 Å². The van der Waals surface area contributed by atoms with Gasteiger partial charge in [-0.15, -0.1) is 0 Å². The van der Waals surface area contributed by atoms with Gasteiger partial charge in [-0.05, 0) is 0 Å². The van der Waals surface area contributed by atoms with Crippen molar-refractivity contribution >= 4 is 5.91 Å². The minimum atomic E-state index is -0.362. The molecule has 6 heteroatoms. The Hall–Kier alpha value is -1.43. The number of amides is 1. The molecule has 1 atom stereocenters. The number of aromatic nitrogens is 2. The Balaban J connectivity index is 2.80. The topological polar surface area (TPSA) is 94.0 Å². The average Bonchev–Trinajstić information content (AvgIpc) is 2.64. The number of nitrogens with zero attached hydrogens (tertiary/aromatic N) is 2. The number of nitrogens with one attached hydrogen (secondary N) is 1. The standard InChI is InChI=1S/C7H12N4O2/c1-4(3-8)7-10-5(11-13-7)6(12)9-2/h4H,3,8H2,1-2H3,(H,9,12). The van der Waals surface area contributed by atoms with Gasteiger partial charge < -0.3 is 15.6 Å². The predicted molar refractivity (Wildman–Crippen MR) is 45.2 cm³/mol. The molecule has 1 aromatic heterocycles. The van der Waals surface area contributed by atoms with Crippen LogP contribution in [0.25, 0.3) is 0 Å². The van der Waals surface area contributed by atoms with Crippen LogP contribution in [0.4, 0.5) is 0 Å². The maximum Gasteiger partial charge on any atom is 0.292 e. The maximum absolute atomic E-state index is 11.0. The lowest BCUT2D eigenvalue weighted by molar-refractivity contribution is 0.0950. The zero-order valence-electron chi connectivity index (χ0n) is 7.57. The first-order valence-corrected chi connectivity index (χ1v) is 3.94. The summed E-state index contributed by atoms with van der Waals surface area (Å²) in [6.07, 6.45) is 0. The highest BCUT2D eigenvalue weighted by Crippen LogP contribution is 2.10. The van der Waals surface area contributed by atoms with Gasteiger partial charge in [-0.2, -0.15) is 4.98 Å². The van der Waals surface area contributed by atoms with Crippen molar-refractivity contribution < 1.29 is 9.32 Å².